The minimum atomic E-state index is -0.977. The molecule has 12 rings (SSSR count). The predicted octanol–water partition coefficient (Wildman–Crippen LogP) is 4.28. The van der Waals surface area contributed by atoms with E-state index in [1.807, 2.05) is 69.3 Å². The summed E-state index contributed by atoms with van der Waals surface area (Å²) >= 11 is 0. The van der Waals surface area contributed by atoms with E-state index in [1.54, 1.807) is 64.8 Å². The van der Waals surface area contributed by atoms with Gasteiger partial charge in [0, 0.05) is 63.9 Å². The molecule has 0 unspecified atom stereocenters. The van der Waals surface area contributed by atoms with Gasteiger partial charge in [-0.2, -0.15) is 0 Å². The summed E-state index contributed by atoms with van der Waals surface area (Å²) in [5, 5.41) is 15.6. The number of esters is 2. The van der Waals surface area contributed by atoms with E-state index >= 15 is 0 Å². The largest absolute Gasteiger partial charge is 0.480 e. The van der Waals surface area contributed by atoms with E-state index in [-0.39, 0.29) is 78.4 Å². The van der Waals surface area contributed by atoms with Crippen LogP contribution >= 0.6 is 0 Å². The second kappa shape index (κ2) is 32.6. The normalized spacial score (nSPS) is 30.0. The van der Waals surface area contributed by atoms with Crippen LogP contribution in [0.15, 0.2) is 73.3 Å². The zero-order valence-corrected chi connectivity index (χ0v) is 53.9. The van der Waals surface area contributed by atoms with E-state index < -0.39 is 41.4 Å². The third kappa shape index (κ3) is 19.0. The zero-order valence-electron chi connectivity index (χ0n) is 53.9. The molecule has 0 spiro atoms. The van der Waals surface area contributed by atoms with E-state index in [4.69, 9.17) is 37.9 Å². The Kier molecular flexibility index (Phi) is 25.7. The first-order valence-corrected chi connectivity index (χ1v) is 31.1. The third-order valence-corrected chi connectivity index (χ3v) is 17.0. The molecule has 10 heterocycles. The van der Waals surface area contributed by atoms with Crippen molar-refractivity contribution in [2.75, 3.05) is 114 Å². The maximum Gasteiger partial charge on any atom is 0.411 e. The Morgan fingerprint density at radius 1 is 0.611 bits per heavy atom. The van der Waals surface area contributed by atoms with E-state index in [1.165, 1.54) is 15.4 Å². The maximum atomic E-state index is 12.4. The number of hydrogen-bond donors (Lipinski definition) is 3. The highest BCUT2D eigenvalue weighted by Gasteiger charge is 2.55. The molecule has 498 valence electrons. The molecule has 0 aliphatic carbocycles. The van der Waals surface area contributed by atoms with Crippen LogP contribution in [0.25, 0.3) is 0 Å². The molecule has 10 fully saturated rings. The maximum absolute atomic E-state index is 12.4. The standard InChI is InChI=1S/C15H17NO3.C14H24N2O4.C12H19NO5.C10H11NO2.C9H16N2O2.C5H8O2/c17-15-12-6-11-7-18-8-13(11)16(12)14(9-19-15)10-4-2-1-3-5-10;1-14(2,3)20-13(18)16-10(12(17)15(4)5)6-9-7-19-8-11(9)16;1-12(2,3)18-11(16)13-8(10(14)15)4-7-5-17-6-9(7)13;12-10-6-11-9(7-13-10)8-4-2-1-3-5-8;1-11(2)9(12)7-3-6-4-13-5-8(6)10-7;1-2-4-7-5-3-6/h1-5,11-14H,6-9H2;9-11H,6-8H2,1-5H3;7-9H,4-6H2,1-3H3,(H,14,15);1-5,9,11H,6-7H2;6-8,10H,3-5H2,1-2H3;2-3H,1,4-5H2/t11-,12-,13+,14+;9-,10-,11+;7-,8-,9+;9-;6-,7-,8+;/m00010./s1. The predicted molar refractivity (Wildman–Crippen MR) is 328 cm³/mol. The van der Waals surface area contributed by atoms with Gasteiger partial charge < -0.3 is 67.6 Å². The van der Waals surface area contributed by atoms with Crippen LogP contribution in [0.4, 0.5) is 9.59 Å². The number of ether oxygens (including phenoxy) is 9. The molecule has 0 bridgehead atoms. The Balaban J connectivity index is 0.000000157. The first-order chi connectivity index (χ1) is 42.8. The van der Waals surface area contributed by atoms with Gasteiger partial charge in [-0.3, -0.25) is 39.2 Å². The van der Waals surface area contributed by atoms with Crippen LogP contribution in [0.2, 0.25) is 0 Å². The Morgan fingerprint density at radius 3 is 1.62 bits per heavy atom. The number of morpholine rings is 2. The van der Waals surface area contributed by atoms with Crippen LogP contribution < -0.4 is 10.6 Å². The van der Waals surface area contributed by atoms with E-state index in [0.29, 0.717) is 95.8 Å². The highest BCUT2D eigenvalue weighted by atomic mass is 16.6. The molecule has 4 amide bonds. The molecule has 25 nitrogen and oxygen atoms in total. The van der Waals surface area contributed by atoms with Crippen LogP contribution in [-0.2, 0) is 71.4 Å². The lowest BCUT2D eigenvalue weighted by molar-refractivity contribution is -0.162. The summed E-state index contributed by atoms with van der Waals surface area (Å²) in [5.41, 5.74) is 1.19. The lowest BCUT2D eigenvalue weighted by Gasteiger charge is -2.39. The van der Waals surface area contributed by atoms with Crippen molar-refractivity contribution in [2.24, 2.45) is 23.7 Å². The van der Waals surface area contributed by atoms with Crippen molar-refractivity contribution in [1.82, 2.24) is 35.1 Å². The van der Waals surface area contributed by atoms with Crippen molar-refractivity contribution in [2.45, 2.75) is 139 Å². The fourth-order valence-corrected chi connectivity index (χ4v) is 12.8. The highest BCUT2D eigenvalue weighted by Crippen LogP contribution is 2.43. The second-order valence-electron chi connectivity index (χ2n) is 26.3. The number of benzene rings is 2. The molecule has 3 N–H and O–H groups in total. The summed E-state index contributed by atoms with van der Waals surface area (Å²) in [7, 11) is 7.02. The number of hydrogen-bond acceptors (Lipinski definition) is 20. The number of carbonyl (C=O) groups excluding carboxylic acids is 7. The topological polar surface area (TPSA) is 280 Å². The van der Waals surface area contributed by atoms with E-state index in [0.717, 1.165) is 44.8 Å². The fourth-order valence-electron chi connectivity index (χ4n) is 12.8. The summed E-state index contributed by atoms with van der Waals surface area (Å²) in [6.07, 6.45) is 4.24. The average Bonchev–Trinajstić information content (AvgIpc) is 1.63. The molecule has 2 aromatic carbocycles. The minimum Gasteiger partial charge on any atom is -0.480 e. The summed E-state index contributed by atoms with van der Waals surface area (Å²) in [6.45, 7) is 21.1. The van der Waals surface area contributed by atoms with Gasteiger partial charge in [0.25, 0.3) is 0 Å². The summed E-state index contributed by atoms with van der Waals surface area (Å²) in [5.74, 6) is 0.314. The van der Waals surface area contributed by atoms with Gasteiger partial charge in [0.15, 0.2) is 0 Å². The number of nitrogens with zero attached hydrogens (tertiary/aromatic N) is 5. The molecular weight excluding hydrogens is 1170 g/mol. The first kappa shape index (κ1) is 70.9. The number of amides is 4. The van der Waals surface area contributed by atoms with Crippen molar-refractivity contribution in [3.05, 3.63) is 84.4 Å². The fraction of sp³-hybridized carbons (Fsp3) is 0.662. The Morgan fingerprint density at radius 2 is 1.12 bits per heavy atom. The Bertz CT molecular complexity index is 2700. The summed E-state index contributed by atoms with van der Waals surface area (Å²) in [6, 6.07) is 19.9. The zero-order chi connectivity index (χ0) is 65.5. The van der Waals surface area contributed by atoms with Crippen LogP contribution in [0.3, 0.4) is 0 Å². The van der Waals surface area contributed by atoms with Gasteiger partial charge in [0.05, 0.1) is 96.2 Å². The minimum absolute atomic E-state index is 0.0221. The van der Waals surface area contributed by atoms with Gasteiger partial charge in [-0.1, -0.05) is 66.7 Å². The van der Waals surface area contributed by atoms with Gasteiger partial charge in [-0.15, -0.1) is 6.58 Å². The smallest absolute Gasteiger partial charge is 0.411 e. The number of likely N-dealkylation sites (tertiary alicyclic amines) is 2. The molecule has 0 radical (unpaired) electrons. The molecule has 90 heavy (non-hydrogen) atoms. The van der Waals surface area contributed by atoms with Gasteiger partial charge in [-0.05, 0) is 78.4 Å². The number of cyclic esters (lactones) is 2. The number of aldehydes is 1. The monoisotopic (exact) mass is 1260 g/mol. The quantitative estimate of drug-likeness (QED) is 0.104. The van der Waals surface area contributed by atoms with Crippen LogP contribution in [0.1, 0.15) is 90.4 Å². The third-order valence-electron chi connectivity index (χ3n) is 17.0. The Hall–Kier alpha value is -6.58. The number of carboxylic acid groups (broad SMARTS) is 1. The van der Waals surface area contributed by atoms with Crippen molar-refractivity contribution in [3.8, 4) is 0 Å². The van der Waals surface area contributed by atoms with Gasteiger partial charge in [0.2, 0.25) is 11.8 Å². The first-order valence-electron chi connectivity index (χ1n) is 31.1. The molecule has 10 aliphatic heterocycles. The summed E-state index contributed by atoms with van der Waals surface area (Å²) < 4.78 is 47.4. The van der Waals surface area contributed by atoms with Crippen LogP contribution in [0, 0.1) is 23.7 Å². The number of carbonyl (C=O) groups is 8. The molecule has 0 saturated carbocycles. The molecule has 10 saturated heterocycles. The van der Waals surface area contributed by atoms with Crippen LogP contribution in [-0.4, -0.2) is 251 Å². The molecule has 14 atom stereocenters. The van der Waals surface area contributed by atoms with Crippen molar-refractivity contribution >= 4 is 48.2 Å². The number of aliphatic carboxylic acids is 1. The molecular formula is C65H95N7O18. The number of fused-ring (bicyclic) bond motifs is 6. The van der Waals surface area contributed by atoms with Gasteiger partial charge >= 0.3 is 30.1 Å². The van der Waals surface area contributed by atoms with E-state index in [9.17, 15) is 43.5 Å². The van der Waals surface area contributed by atoms with Crippen molar-refractivity contribution < 1.29 is 86.1 Å². The average molecular weight is 1260 g/mol. The van der Waals surface area contributed by atoms with Crippen molar-refractivity contribution in [1.29, 1.82) is 0 Å². The number of carboxylic acids is 1. The SMILES string of the molecule is C=CCOCC=O.CC(C)(C)OC(=O)N1[C@@H]2COC[C@@H]2C[C@H]1C(=O)O.CN(C)C(=O)[C@@H]1C[C@H]2COC[C@H]2N1.CN(C)C(=O)[C@@H]1C[C@H]2COC[C@H]2N1C(=O)OC(C)(C)C.O=C1CN[C@@H](c2ccccc2)CO1.O=C1OC[C@H](c2ccccc2)N2[C@@H]3COC[C@@H]3C[C@@H]12. The molecule has 10 aliphatic rings. The second-order valence-corrected chi connectivity index (χ2v) is 26.3. The van der Waals surface area contributed by atoms with Gasteiger partial charge in [0.1, 0.15) is 55.4 Å². The van der Waals surface area contributed by atoms with Gasteiger partial charge in [-0.25, -0.2) is 14.4 Å². The molecule has 0 aromatic heterocycles. The summed E-state index contributed by atoms with van der Waals surface area (Å²) in [4.78, 5) is 100. The lowest BCUT2D eigenvalue weighted by Crippen LogP contribution is -2.50. The molecule has 2 aromatic rings. The Labute approximate surface area is 528 Å². The van der Waals surface area contributed by atoms with E-state index in [2.05, 4.69) is 39.0 Å². The van der Waals surface area contributed by atoms with Crippen molar-refractivity contribution in [3.63, 3.8) is 0 Å². The number of nitrogens with one attached hydrogen (secondary N) is 2. The number of likely N-dealkylation sites (N-methyl/N-ethyl adjacent to an activating group) is 2. The number of rotatable bonds is 9. The van der Waals surface area contributed by atoms with Crippen LogP contribution in [0.5, 0.6) is 0 Å². The highest BCUT2D eigenvalue weighted by molar-refractivity contribution is 5.86. The lowest BCUT2D eigenvalue weighted by atomic mass is 10.0. The molecule has 25 heteroatoms.